The van der Waals surface area contributed by atoms with Crippen molar-refractivity contribution in [1.29, 1.82) is 0 Å². The van der Waals surface area contributed by atoms with Gasteiger partial charge in [0, 0.05) is 27.1 Å². The molecule has 3 nitrogen and oxygen atoms in total. The van der Waals surface area contributed by atoms with Gasteiger partial charge in [0.2, 0.25) is 0 Å². The molecule has 0 atom stereocenters. The van der Waals surface area contributed by atoms with E-state index in [1.165, 1.54) is 38.5 Å². The van der Waals surface area contributed by atoms with E-state index in [2.05, 4.69) is 27.3 Å². The van der Waals surface area contributed by atoms with Crippen LogP contribution < -0.4 is 14.8 Å². The molecule has 0 saturated heterocycles. The van der Waals surface area contributed by atoms with Crippen molar-refractivity contribution in [3.05, 3.63) is 57.0 Å². The van der Waals surface area contributed by atoms with Crippen LogP contribution in [0.15, 0.2) is 40.9 Å². The first kappa shape index (κ1) is 20.7. The second-order valence-corrected chi connectivity index (χ2v) is 10.8. The van der Waals surface area contributed by atoms with Gasteiger partial charge in [-0.1, -0.05) is 39.7 Å². The molecule has 0 aromatic heterocycles. The van der Waals surface area contributed by atoms with E-state index in [1.54, 1.807) is 7.11 Å². The fourth-order valence-electron chi connectivity index (χ4n) is 6.41. The molecule has 5 heteroatoms. The Morgan fingerprint density at radius 1 is 1.00 bits per heavy atom. The van der Waals surface area contributed by atoms with Crippen molar-refractivity contribution in [2.75, 3.05) is 7.11 Å². The van der Waals surface area contributed by atoms with E-state index in [-0.39, 0.29) is 0 Å². The molecule has 2 aromatic carbocycles. The lowest BCUT2D eigenvalue weighted by atomic mass is 9.53. The first-order valence-electron chi connectivity index (χ1n) is 11.0. The van der Waals surface area contributed by atoms with Gasteiger partial charge in [0.25, 0.3) is 0 Å². The van der Waals surface area contributed by atoms with Gasteiger partial charge in [-0.15, -0.1) is 0 Å². The van der Waals surface area contributed by atoms with Gasteiger partial charge in [-0.05, 0) is 86.1 Å². The molecule has 0 aliphatic heterocycles. The minimum Gasteiger partial charge on any atom is -0.493 e. The molecule has 4 aliphatic carbocycles. The molecule has 0 amide bonds. The van der Waals surface area contributed by atoms with Crippen molar-refractivity contribution in [1.82, 2.24) is 5.32 Å². The summed E-state index contributed by atoms with van der Waals surface area (Å²) in [5.74, 6) is 4.38. The Hall–Kier alpha value is -1.23. The van der Waals surface area contributed by atoms with E-state index in [4.69, 9.17) is 21.1 Å². The predicted molar refractivity (Wildman–Crippen MR) is 124 cm³/mol. The van der Waals surface area contributed by atoms with Gasteiger partial charge < -0.3 is 14.8 Å². The van der Waals surface area contributed by atoms with Crippen LogP contribution in [-0.4, -0.2) is 12.6 Å². The van der Waals surface area contributed by atoms with Crippen LogP contribution in [0, 0.1) is 17.8 Å². The van der Waals surface area contributed by atoms with E-state index in [0.29, 0.717) is 12.1 Å². The van der Waals surface area contributed by atoms with Gasteiger partial charge in [-0.25, -0.2) is 0 Å². The van der Waals surface area contributed by atoms with E-state index in [9.17, 15) is 0 Å². The SMILES string of the molecule is COc1ccc(Br)c(CNC23CC4CC(CC(C4)C2)C3)c1OCc1ccc(Cl)cc1. The molecular weight excluding hydrogens is 462 g/mol. The fourth-order valence-corrected chi connectivity index (χ4v) is 6.98. The molecule has 0 spiro atoms. The maximum absolute atomic E-state index is 6.30. The molecule has 2 aromatic rings. The minimum atomic E-state index is 0.310. The highest BCUT2D eigenvalue weighted by Crippen LogP contribution is 2.55. The minimum absolute atomic E-state index is 0.310. The molecule has 4 bridgehead atoms. The fraction of sp³-hybridized carbons (Fsp3) is 0.520. The molecule has 160 valence electrons. The lowest BCUT2D eigenvalue weighted by molar-refractivity contribution is -0.0207. The van der Waals surface area contributed by atoms with Crippen LogP contribution in [0.2, 0.25) is 5.02 Å². The van der Waals surface area contributed by atoms with E-state index < -0.39 is 0 Å². The van der Waals surface area contributed by atoms with Crippen LogP contribution in [0.4, 0.5) is 0 Å². The lowest BCUT2D eigenvalue weighted by Crippen LogP contribution is -2.58. The average molecular weight is 491 g/mol. The molecule has 0 unspecified atom stereocenters. The van der Waals surface area contributed by atoms with Crippen molar-refractivity contribution in [2.45, 2.75) is 57.2 Å². The standard InChI is InChI=1S/C25H29BrClNO2/c1-29-23-7-6-22(26)21(24(23)30-15-16-2-4-20(27)5-3-16)14-28-25-11-17-8-18(12-25)10-19(9-17)13-25/h2-7,17-19,28H,8-15H2,1H3. The van der Waals surface area contributed by atoms with Gasteiger partial charge in [-0.2, -0.15) is 0 Å². The van der Waals surface area contributed by atoms with Crippen LogP contribution in [0.1, 0.15) is 49.7 Å². The highest BCUT2D eigenvalue weighted by atomic mass is 79.9. The Kier molecular flexibility index (Phi) is 5.76. The molecule has 0 heterocycles. The number of benzene rings is 2. The number of nitrogens with one attached hydrogen (secondary N) is 1. The van der Waals surface area contributed by atoms with Crippen molar-refractivity contribution in [3.63, 3.8) is 0 Å². The Balaban J connectivity index is 1.35. The summed E-state index contributed by atoms with van der Waals surface area (Å²) in [5.41, 5.74) is 2.53. The molecular formula is C25H29BrClNO2. The summed E-state index contributed by atoms with van der Waals surface area (Å²) in [7, 11) is 1.70. The molecule has 4 aliphatic rings. The maximum atomic E-state index is 6.30. The zero-order chi connectivity index (χ0) is 20.7. The first-order chi connectivity index (χ1) is 14.5. The third-order valence-electron chi connectivity index (χ3n) is 7.36. The number of rotatable bonds is 7. The number of hydrogen-bond donors (Lipinski definition) is 1. The van der Waals surface area contributed by atoms with Crippen LogP contribution in [0.5, 0.6) is 11.5 Å². The Bertz CT molecular complexity index is 879. The summed E-state index contributed by atoms with van der Waals surface area (Å²) >= 11 is 9.78. The number of methoxy groups -OCH3 is 1. The third kappa shape index (κ3) is 4.11. The average Bonchev–Trinajstić information content (AvgIpc) is 2.71. The highest BCUT2D eigenvalue weighted by molar-refractivity contribution is 9.10. The van der Waals surface area contributed by atoms with E-state index in [1.807, 2.05) is 30.3 Å². The van der Waals surface area contributed by atoms with E-state index >= 15 is 0 Å². The van der Waals surface area contributed by atoms with Crippen molar-refractivity contribution in [2.24, 2.45) is 17.8 Å². The largest absolute Gasteiger partial charge is 0.493 e. The number of hydrogen-bond acceptors (Lipinski definition) is 3. The molecule has 1 N–H and O–H groups in total. The zero-order valence-electron chi connectivity index (χ0n) is 17.4. The van der Waals surface area contributed by atoms with Crippen LogP contribution in [-0.2, 0) is 13.2 Å². The Labute approximate surface area is 192 Å². The second kappa shape index (κ2) is 8.37. The van der Waals surface area contributed by atoms with Gasteiger partial charge in [-0.3, -0.25) is 0 Å². The van der Waals surface area contributed by atoms with Gasteiger partial charge in [0.15, 0.2) is 11.5 Å². The number of halogens is 2. The van der Waals surface area contributed by atoms with Crippen LogP contribution in [0.25, 0.3) is 0 Å². The maximum Gasteiger partial charge on any atom is 0.167 e. The topological polar surface area (TPSA) is 30.5 Å². The predicted octanol–water partition coefficient (Wildman–Crippen LogP) is 6.75. The molecule has 0 radical (unpaired) electrons. The summed E-state index contributed by atoms with van der Waals surface area (Å²) in [6.07, 6.45) is 8.38. The number of ether oxygens (including phenoxy) is 2. The summed E-state index contributed by atoms with van der Waals surface area (Å²) < 4.78 is 13.0. The van der Waals surface area contributed by atoms with Crippen LogP contribution >= 0.6 is 27.5 Å². The van der Waals surface area contributed by atoms with Crippen LogP contribution in [0.3, 0.4) is 0 Å². The molecule has 30 heavy (non-hydrogen) atoms. The normalized spacial score (nSPS) is 29.2. The Morgan fingerprint density at radius 2 is 1.63 bits per heavy atom. The van der Waals surface area contributed by atoms with Gasteiger partial charge in [0.1, 0.15) is 6.61 Å². The summed E-state index contributed by atoms with van der Waals surface area (Å²) in [6, 6.07) is 11.8. The van der Waals surface area contributed by atoms with Gasteiger partial charge in [0.05, 0.1) is 7.11 Å². The molecule has 4 saturated carbocycles. The molecule has 4 fully saturated rings. The first-order valence-corrected chi connectivity index (χ1v) is 12.2. The van der Waals surface area contributed by atoms with Gasteiger partial charge >= 0.3 is 0 Å². The monoisotopic (exact) mass is 489 g/mol. The Morgan fingerprint density at radius 3 is 2.23 bits per heavy atom. The summed E-state index contributed by atoms with van der Waals surface area (Å²) in [5, 5.41) is 4.73. The summed E-state index contributed by atoms with van der Waals surface area (Å²) in [4.78, 5) is 0. The third-order valence-corrected chi connectivity index (χ3v) is 8.36. The quantitative estimate of drug-likeness (QED) is 0.466. The summed E-state index contributed by atoms with van der Waals surface area (Å²) in [6.45, 7) is 1.27. The smallest absolute Gasteiger partial charge is 0.167 e. The van der Waals surface area contributed by atoms with Crippen molar-refractivity contribution < 1.29 is 9.47 Å². The molecule has 6 rings (SSSR count). The zero-order valence-corrected chi connectivity index (χ0v) is 19.8. The second-order valence-electron chi connectivity index (χ2n) is 9.52. The lowest BCUT2D eigenvalue weighted by Gasteiger charge is -2.57. The highest BCUT2D eigenvalue weighted by Gasteiger charge is 2.50. The van der Waals surface area contributed by atoms with Crippen molar-refractivity contribution in [3.8, 4) is 11.5 Å². The van der Waals surface area contributed by atoms with E-state index in [0.717, 1.165) is 56.4 Å². The van der Waals surface area contributed by atoms with Crippen molar-refractivity contribution >= 4 is 27.5 Å².